The number of amides is 1. The number of aryl methyl sites for hydroxylation is 2. The van der Waals surface area contributed by atoms with Gasteiger partial charge in [-0.25, -0.2) is 4.79 Å². The largest absolute Gasteiger partial charge is 0.333 e. The van der Waals surface area contributed by atoms with Gasteiger partial charge in [0.1, 0.15) is 6.54 Å². The van der Waals surface area contributed by atoms with Crippen molar-refractivity contribution in [1.82, 2.24) is 9.13 Å². The number of halogens is 1. The van der Waals surface area contributed by atoms with Crippen molar-refractivity contribution in [2.45, 2.75) is 20.4 Å². The van der Waals surface area contributed by atoms with E-state index < -0.39 is 0 Å². The zero-order chi connectivity index (χ0) is 18.0. The van der Waals surface area contributed by atoms with Gasteiger partial charge in [0.15, 0.2) is 0 Å². The smallest absolute Gasteiger partial charge is 0.325 e. The van der Waals surface area contributed by atoms with Crippen molar-refractivity contribution in [2.24, 2.45) is 0 Å². The first-order valence-electron chi connectivity index (χ1n) is 7.85. The Kier molecular flexibility index (Phi) is 4.76. The van der Waals surface area contributed by atoms with Gasteiger partial charge in [-0.15, -0.1) is 0 Å². The molecule has 0 aliphatic heterocycles. The summed E-state index contributed by atoms with van der Waals surface area (Å²) in [7, 11) is 0. The molecule has 0 saturated heterocycles. The molecule has 2 aromatic carbocycles. The second-order valence-corrected chi connectivity index (χ2v) is 6.28. The van der Waals surface area contributed by atoms with Crippen LogP contribution in [0, 0.1) is 13.8 Å². The summed E-state index contributed by atoms with van der Waals surface area (Å²) in [6, 6.07) is 12.8. The number of benzene rings is 2. The molecule has 1 amide bonds. The van der Waals surface area contributed by atoms with E-state index >= 15 is 0 Å². The lowest BCUT2D eigenvalue weighted by molar-refractivity contribution is -0.116. The van der Waals surface area contributed by atoms with Gasteiger partial charge in [-0.1, -0.05) is 29.8 Å². The maximum atomic E-state index is 12.5. The summed E-state index contributed by atoms with van der Waals surface area (Å²) in [6.07, 6.45) is 3.18. The number of nitrogens with one attached hydrogen (secondary N) is 1. The minimum absolute atomic E-state index is 0.0663. The summed E-state index contributed by atoms with van der Waals surface area (Å²) in [4.78, 5) is 24.7. The molecule has 6 heteroatoms. The molecule has 0 aliphatic carbocycles. The summed E-state index contributed by atoms with van der Waals surface area (Å²) in [5.74, 6) is -0.262. The summed E-state index contributed by atoms with van der Waals surface area (Å²) in [6.45, 7) is 3.93. The first-order chi connectivity index (χ1) is 12.0. The monoisotopic (exact) mass is 355 g/mol. The molecule has 25 heavy (non-hydrogen) atoms. The van der Waals surface area contributed by atoms with Crippen molar-refractivity contribution in [3.63, 3.8) is 0 Å². The number of imidazole rings is 1. The van der Waals surface area contributed by atoms with Crippen LogP contribution in [-0.2, 0) is 11.3 Å². The molecule has 3 aromatic rings. The minimum atomic E-state index is -0.316. The van der Waals surface area contributed by atoms with Crippen LogP contribution in [0.15, 0.2) is 59.7 Å². The molecule has 0 atom stereocenters. The zero-order valence-electron chi connectivity index (χ0n) is 14.0. The lowest BCUT2D eigenvalue weighted by Crippen LogP contribution is -2.28. The van der Waals surface area contributed by atoms with Crippen LogP contribution in [0.3, 0.4) is 0 Å². The number of rotatable bonds is 4. The molecule has 1 heterocycles. The van der Waals surface area contributed by atoms with Gasteiger partial charge in [0.2, 0.25) is 5.91 Å². The number of hydrogen-bond donors (Lipinski definition) is 1. The van der Waals surface area contributed by atoms with Gasteiger partial charge in [-0.2, -0.15) is 0 Å². The van der Waals surface area contributed by atoms with Crippen LogP contribution in [0.2, 0.25) is 5.02 Å². The van der Waals surface area contributed by atoms with E-state index in [1.54, 1.807) is 36.7 Å². The van der Waals surface area contributed by atoms with E-state index in [1.807, 2.05) is 32.0 Å². The Bertz CT molecular complexity index is 988. The van der Waals surface area contributed by atoms with Crippen LogP contribution in [0.1, 0.15) is 11.1 Å². The van der Waals surface area contributed by atoms with Gasteiger partial charge < -0.3 is 5.32 Å². The van der Waals surface area contributed by atoms with Crippen molar-refractivity contribution < 1.29 is 4.79 Å². The second-order valence-electron chi connectivity index (χ2n) is 5.88. The summed E-state index contributed by atoms with van der Waals surface area (Å²) in [5.41, 5.74) is 3.24. The van der Waals surface area contributed by atoms with Gasteiger partial charge >= 0.3 is 5.69 Å². The van der Waals surface area contributed by atoms with E-state index in [9.17, 15) is 9.59 Å². The Hall–Kier alpha value is -2.79. The number of aromatic nitrogens is 2. The number of carbonyl (C=O) groups excluding carboxylic acids is 1. The van der Waals surface area contributed by atoms with Gasteiger partial charge in [0.25, 0.3) is 0 Å². The molecular weight excluding hydrogens is 338 g/mol. The van der Waals surface area contributed by atoms with Crippen molar-refractivity contribution in [3.8, 4) is 5.69 Å². The standard InChI is InChI=1S/C19H18ClN3O2/c1-13-7-8-15(11-14(13)2)21-18(24)12-22-9-10-23(19(22)25)17-6-4-3-5-16(17)20/h3-11H,12H2,1-2H3,(H,21,24). The fourth-order valence-electron chi connectivity index (χ4n) is 2.54. The van der Waals surface area contributed by atoms with E-state index in [2.05, 4.69) is 5.32 Å². The number of carbonyl (C=O) groups is 1. The van der Waals surface area contributed by atoms with Crippen LogP contribution in [0.4, 0.5) is 5.69 Å². The van der Waals surface area contributed by atoms with Gasteiger partial charge in [0.05, 0.1) is 10.7 Å². The van der Waals surface area contributed by atoms with Crippen LogP contribution >= 0.6 is 11.6 Å². The third kappa shape index (κ3) is 3.67. The lowest BCUT2D eigenvalue weighted by atomic mass is 10.1. The van der Waals surface area contributed by atoms with Crippen molar-refractivity contribution in [2.75, 3.05) is 5.32 Å². The quantitative estimate of drug-likeness (QED) is 0.778. The van der Waals surface area contributed by atoms with Crippen molar-refractivity contribution >= 4 is 23.2 Å². The topological polar surface area (TPSA) is 56.0 Å². The molecule has 1 aromatic heterocycles. The van der Waals surface area contributed by atoms with Crippen LogP contribution in [0.25, 0.3) is 5.69 Å². The average Bonchev–Trinajstić information content (AvgIpc) is 2.92. The van der Waals surface area contributed by atoms with Gasteiger partial charge in [-0.05, 0) is 49.2 Å². The highest BCUT2D eigenvalue weighted by molar-refractivity contribution is 6.32. The predicted molar refractivity (Wildman–Crippen MR) is 99.6 cm³/mol. The Morgan fingerprint density at radius 2 is 1.84 bits per heavy atom. The fraction of sp³-hybridized carbons (Fsp3) is 0.158. The molecule has 5 nitrogen and oxygen atoms in total. The molecule has 0 bridgehead atoms. The molecule has 0 spiro atoms. The normalized spacial score (nSPS) is 10.7. The third-order valence-electron chi connectivity index (χ3n) is 4.06. The molecule has 128 valence electrons. The number of nitrogens with zero attached hydrogens (tertiary/aromatic N) is 2. The molecular formula is C19H18ClN3O2. The number of para-hydroxylation sites is 1. The number of hydrogen-bond acceptors (Lipinski definition) is 2. The number of anilines is 1. The maximum absolute atomic E-state index is 12.5. The SMILES string of the molecule is Cc1ccc(NC(=O)Cn2ccn(-c3ccccc3Cl)c2=O)cc1C. The summed E-state index contributed by atoms with van der Waals surface area (Å²) < 4.78 is 2.77. The Balaban J connectivity index is 1.77. The summed E-state index contributed by atoms with van der Waals surface area (Å²) in [5, 5.41) is 3.29. The van der Waals surface area contributed by atoms with E-state index in [-0.39, 0.29) is 18.1 Å². The first-order valence-corrected chi connectivity index (χ1v) is 8.23. The van der Waals surface area contributed by atoms with Crippen LogP contribution < -0.4 is 11.0 Å². The van der Waals surface area contributed by atoms with E-state index in [0.717, 1.165) is 11.1 Å². The van der Waals surface area contributed by atoms with Crippen LogP contribution in [0.5, 0.6) is 0 Å². The first kappa shape index (κ1) is 17.0. The highest BCUT2D eigenvalue weighted by Crippen LogP contribution is 2.18. The lowest BCUT2D eigenvalue weighted by Gasteiger charge is -2.08. The molecule has 0 unspecified atom stereocenters. The Labute approximate surface area is 150 Å². The van der Waals surface area contributed by atoms with E-state index in [0.29, 0.717) is 16.4 Å². The van der Waals surface area contributed by atoms with E-state index in [4.69, 9.17) is 11.6 Å². The minimum Gasteiger partial charge on any atom is -0.325 e. The van der Waals surface area contributed by atoms with Gasteiger partial charge in [-0.3, -0.25) is 13.9 Å². The average molecular weight is 356 g/mol. The predicted octanol–water partition coefficient (Wildman–Crippen LogP) is 3.55. The van der Waals surface area contributed by atoms with E-state index in [1.165, 1.54) is 9.13 Å². The molecule has 3 rings (SSSR count). The highest BCUT2D eigenvalue weighted by Gasteiger charge is 2.11. The second kappa shape index (κ2) is 6.99. The van der Waals surface area contributed by atoms with Crippen LogP contribution in [-0.4, -0.2) is 15.0 Å². The molecule has 0 fully saturated rings. The fourth-order valence-corrected chi connectivity index (χ4v) is 2.77. The highest BCUT2D eigenvalue weighted by atomic mass is 35.5. The molecule has 0 saturated carbocycles. The maximum Gasteiger partial charge on any atom is 0.333 e. The molecule has 0 aliphatic rings. The zero-order valence-corrected chi connectivity index (χ0v) is 14.7. The Morgan fingerprint density at radius 1 is 1.08 bits per heavy atom. The third-order valence-corrected chi connectivity index (χ3v) is 4.38. The molecule has 1 N–H and O–H groups in total. The Morgan fingerprint density at radius 3 is 2.56 bits per heavy atom. The van der Waals surface area contributed by atoms with Gasteiger partial charge in [0, 0.05) is 18.1 Å². The van der Waals surface area contributed by atoms with Crippen molar-refractivity contribution in [3.05, 3.63) is 81.5 Å². The summed E-state index contributed by atoms with van der Waals surface area (Å²) >= 11 is 6.13. The molecule has 0 radical (unpaired) electrons. The van der Waals surface area contributed by atoms with Crippen molar-refractivity contribution in [1.29, 1.82) is 0 Å².